The van der Waals surface area contributed by atoms with Crippen LogP contribution in [0.2, 0.25) is 0 Å². The molecule has 0 N–H and O–H groups in total. The number of unbranched alkanes of at least 4 members (excludes halogenated alkanes) is 5. The molecule has 0 saturated carbocycles. The van der Waals surface area contributed by atoms with E-state index in [9.17, 15) is 0 Å². The van der Waals surface area contributed by atoms with Crippen molar-refractivity contribution in [2.75, 3.05) is 21.1 Å². The Kier molecular flexibility index (Phi) is 7.26. The summed E-state index contributed by atoms with van der Waals surface area (Å²) in [5.74, 6) is 0. The lowest BCUT2D eigenvalue weighted by molar-refractivity contribution is -0.894. The summed E-state index contributed by atoms with van der Waals surface area (Å²) >= 11 is 0. The van der Waals surface area contributed by atoms with Crippen molar-refractivity contribution in [2.24, 2.45) is 0 Å². The summed E-state index contributed by atoms with van der Waals surface area (Å²) in [7, 11) is 6.88. The molecule has 0 aromatic heterocycles. The molecule has 0 aromatic carbocycles. The highest BCUT2D eigenvalue weighted by Gasteiger charge is 2.16. The van der Waals surface area contributed by atoms with E-state index in [1.54, 1.807) is 0 Å². The first-order chi connectivity index (χ1) is 6.48. The quantitative estimate of drug-likeness (QED) is 0.412. The van der Waals surface area contributed by atoms with Crippen LogP contribution in [0.25, 0.3) is 0 Å². The van der Waals surface area contributed by atoms with Crippen molar-refractivity contribution in [2.45, 2.75) is 64.8 Å². The largest absolute Gasteiger partial charge is 0.329 e. The molecule has 0 aromatic rings. The van der Waals surface area contributed by atoms with E-state index in [2.05, 4.69) is 35.0 Å². The van der Waals surface area contributed by atoms with E-state index in [-0.39, 0.29) is 0 Å². The van der Waals surface area contributed by atoms with E-state index in [1.165, 1.54) is 44.9 Å². The summed E-state index contributed by atoms with van der Waals surface area (Å²) in [5.41, 5.74) is 0. The van der Waals surface area contributed by atoms with E-state index in [0.29, 0.717) is 0 Å². The van der Waals surface area contributed by atoms with Crippen LogP contribution < -0.4 is 0 Å². The van der Waals surface area contributed by atoms with Gasteiger partial charge in [0.15, 0.2) is 0 Å². The van der Waals surface area contributed by atoms with Gasteiger partial charge in [-0.3, -0.25) is 0 Å². The molecule has 1 nitrogen and oxygen atoms in total. The van der Waals surface area contributed by atoms with Crippen LogP contribution in [-0.2, 0) is 0 Å². The van der Waals surface area contributed by atoms with Crippen molar-refractivity contribution in [3.63, 3.8) is 0 Å². The van der Waals surface area contributed by atoms with Crippen LogP contribution in [0.5, 0.6) is 0 Å². The maximum absolute atomic E-state index is 2.37. The van der Waals surface area contributed by atoms with Gasteiger partial charge in [-0.25, -0.2) is 0 Å². The fourth-order valence-corrected chi connectivity index (χ4v) is 1.61. The average molecular weight is 200 g/mol. The van der Waals surface area contributed by atoms with Crippen molar-refractivity contribution in [3.05, 3.63) is 0 Å². The summed E-state index contributed by atoms with van der Waals surface area (Å²) in [6, 6.07) is 0.807. The molecule has 1 atom stereocenters. The third-order valence-electron chi connectivity index (χ3n) is 3.30. The van der Waals surface area contributed by atoms with Gasteiger partial charge in [-0.15, -0.1) is 0 Å². The Balaban J connectivity index is 3.28. The van der Waals surface area contributed by atoms with Crippen molar-refractivity contribution in [1.82, 2.24) is 0 Å². The van der Waals surface area contributed by atoms with Gasteiger partial charge in [0.05, 0.1) is 27.2 Å². The lowest BCUT2D eigenvalue weighted by Gasteiger charge is -2.31. The molecule has 0 aliphatic carbocycles. The zero-order chi connectivity index (χ0) is 11.0. The third kappa shape index (κ3) is 7.37. The van der Waals surface area contributed by atoms with Gasteiger partial charge in [-0.2, -0.15) is 0 Å². The normalized spacial score (nSPS) is 14.4. The van der Waals surface area contributed by atoms with Crippen molar-refractivity contribution < 1.29 is 4.48 Å². The van der Waals surface area contributed by atoms with E-state index in [4.69, 9.17) is 0 Å². The molecule has 1 heteroatoms. The second kappa shape index (κ2) is 7.28. The zero-order valence-electron chi connectivity index (χ0n) is 11.0. The number of nitrogens with zero attached hydrogens (tertiary/aromatic N) is 1. The van der Waals surface area contributed by atoms with Crippen molar-refractivity contribution >= 4 is 0 Å². The Morgan fingerprint density at radius 3 is 1.86 bits per heavy atom. The first-order valence-electron chi connectivity index (χ1n) is 6.29. The highest BCUT2D eigenvalue weighted by Crippen LogP contribution is 2.13. The van der Waals surface area contributed by atoms with Gasteiger partial charge in [-0.1, -0.05) is 39.0 Å². The molecule has 0 fully saturated rings. The van der Waals surface area contributed by atoms with Gasteiger partial charge in [-0.05, 0) is 19.8 Å². The number of hydrogen-bond acceptors (Lipinski definition) is 0. The first-order valence-corrected chi connectivity index (χ1v) is 6.29. The van der Waals surface area contributed by atoms with E-state index in [0.717, 1.165) is 10.5 Å². The minimum atomic E-state index is 0.807. The number of quaternary nitrogens is 1. The molecule has 0 spiro atoms. The number of rotatable bonds is 8. The Bertz CT molecular complexity index is 124. The smallest absolute Gasteiger partial charge is 0.0855 e. The Morgan fingerprint density at radius 2 is 1.36 bits per heavy atom. The average Bonchev–Trinajstić information content (AvgIpc) is 2.09. The predicted molar refractivity (Wildman–Crippen MR) is 65.5 cm³/mol. The molecule has 0 radical (unpaired) electrons. The highest BCUT2D eigenvalue weighted by molar-refractivity contribution is 4.51. The number of hydrogen-bond donors (Lipinski definition) is 0. The molecule has 0 saturated heterocycles. The minimum absolute atomic E-state index is 0.807. The van der Waals surface area contributed by atoms with Crippen LogP contribution in [0.4, 0.5) is 0 Å². The van der Waals surface area contributed by atoms with E-state index < -0.39 is 0 Å². The maximum atomic E-state index is 2.37. The van der Waals surface area contributed by atoms with E-state index in [1.807, 2.05) is 0 Å². The zero-order valence-corrected chi connectivity index (χ0v) is 11.0. The summed E-state index contributed by atoms with van der Waals surface area (Å²) in [4.78, 5) is 0. The predicted octanol–water partition coefficient (Wildman–Crippen LogP) is 3.83. The second-order valence-electron chi connectivity index (χ2n) is 5.52. The molecule has 0 aliphatic rings. The summed E-state index contributed by atoms with van der Waals surface area (Å²) in [6.45, 7) is 4.64. The summed E-state index contributed by atoms with van der Waals surface area (Å²) < 4.78 is 1.11. The second-order valence-corrected chi connectivity index (χ2v) is 5.52. The Morgan fingerprint density at radius 1 is 0.857 bits per heavy atom. The first kappa shape index (κ1) is 14.0. The molecule has 0 bridgehead atoms. The van der Waals surface area contributed by atoms with Gasteiger partial charge in [0, 0.05) is 0 Å². The molecule has 0 aliphatic heterocycles. The third-order valence-corrected chi connectivity index (χ3v) is 3.30. The maximum Gasteiger partial charge on any atom is 0.0855 e. The molecule has 0 rings (SSSR count). The van der Waals surface area contributed by atoms with Crippen LogP contribution in [0.15, 0.2) is 0 Å². The van der Waals surface area contributed by atoms with Gasteiger partial charge in [0.1, 0.15) is 0 Å². The molecular formula is C13H30N+. The van der Waals surface area contributed by atoms with Gasteiger partial charge < -0.3 is 4.48 Å². The molecule has 86 valence electrons. The Labute approximate surface area is 91.1 Å². The lowest BCUT2D eigenvalue weighted by Crippen LogP contribution is -2.43. The van der Waals surface area contributed by atoms with Gasteiger partial charge in [0.25, 0.3) is 0 Å². The van der Waals surface area contributed by atoms with Crippen LogP contribution >= 0.6 is 0 Å². The van der Waals surface area contributed by atoms with Gasteiger partial charge >= 0.3 is 0 Å². The summed E-state index contributed by atoms with van der Waals surface area (Å²) in [6.07, 6.45) is 9.90. The minimum Gasteiger partial charge on any atom is -0.329 e. The fourth-order valence-electron chi connectivity index (χ4n) is 1.61. The highest BCUT2D eigenvalue weighted by atomic mass is 15.3. The molecular weight excluding hydrogens is 170 g/mol. The topological polar surface area (TPSA) is 0 Å². The van der Waals surface area contributed by atoms with Crippen LogP contribution in [0.3, 0.4) is 0 Å². The van der Waals surface area contributed by atoms with Crippen LogP contribution in [0, 0.1) is 0 Å². The fraction of sp³-hybridized carbons (Fsp3) is 1.00. The standard InChI is InChI=1S/C13H30N/c1-6-7-8-9-10-11-12-13(2)14(3,4)5/h13H,6-12H2,1-5H3/q+1. The molecule has 14 heavy (non-hydrogen) atoms. The molecule has 1 unspecified atom stereocenters. The lowest BCUT2D eigenvalue weighted by atomic mass is 10.1. The monoisotopic (exact) mass is 200 g/mol. The SMILES string of the molecule is CCCCCCCCC(C)[N+](C)(C)C. The van der Waals surface area contributed by atoms with Crippen LogP contribution in [-0.4, -0.2) is 31.7 Å². The van der Waals surface area contributed by atoms with E-state index >= 15 is 0 Å². The summed E-state index contributed by atoms with van der Waals surface area (Å²) in [5, 5.41) is 0. The van der Waals surface area contributed by atoms with Crippen molar-refractivity contribution in [3.8, 4) is 0 Å². The Hall–Kier alpha value is -0.0400. The van der Waals surface area contributed by atoms with Crippen LogP contribution in [0.1, 0.15) is 58.8 Å². The molecule has 0 heterocycles. The molecule has 0 amide bonds. The van der Waals surface area contributed by atoms with Gasteiger partial charge in [0.2, 0.25) is 0 Å². The van der Waals surface area contributed by atoms with Crippen molar-refractivity contribution in [1.29, 1.82) is 0 Å².